The number of nitrogens with zero attached hydrogens (tertiary/aromatic N) is 3. The van der Waals surface area contributed by atoms with Gasteiger partial charge in [-0.05, 0) is 33.1 Å². The summed E-state index contributed by atoms with van der Waals surface area (Å²) in [5.74, 6) is 1.10. The summed E-state index contributed by atoms with van der Waals surface area (Å²) in [7, 11) is 0. The highest BCUT2D eigenvalue weighted by molar-refractivity contribution is 5.74. The first kappa shape index (κ1) is 16.5. The third-order valence-corrected chi connectivity index (χ3v) is 5.15. The number of ether oxygens (including phenoxy) is 1. The molecular formula is C17H27N3O3. The van der Waals surface area contributed by atoms with E-state index >= 15 is 0 Å². The summed E-state index contributed by atoms with van der Waals surface area (Å²) in [6.07, 6.45) is 2.96. The summed E-state index contributed by atoms with van der Waals surface area (Å²) in [6, 6.07) is 0.654. The maximum atomic E-state index is 12.2. The molecule has 3 rings (SSSR count). The molecule has 0 spiro atoms. The summed E-state index contributed by atoms with van der Waals surface area (Å²) < 4.78 is 10.7. The Hall–Kier alpha value is -1.40. The van der Waals surface area contributed by atoms with Crippen LogP contribution in [-0.4, -0.2) is 59.3 Å². The SMILES string of the molecule is CC(=O)N(C1CCOCC1)C1CCN(Cc2c(C)noc2C)C1. The van der Waals surface area contributed by atoms with Gasteiger partial charge in [0.25, 0.3) is 0 Å². The van der Waals surface area contributed by atoms with E-state index in [1.165, 1.54) is 5.56 Å². The molecule has 1 unspecified atom stereocenters. The Labute approximate surface area is 137 Å². The molecule has 0 N–H and O–H groups in total. The number of carbonyl (C=O) groups is 1. The predicted molar refractivity (Wildman–Crippen MR) is 86.0 cm³/mol. The maximum Gasteiger partial charge on any atom is 0.219 e. The Balaban J connectivity index is 1.64. The summed E-state index contributed by atoms with van der Waals surface area (Å²) in [5.41, 5.74) is 2.16. The average molecular weight is 321 g/mol. The largest absolute Gasteiger partial charge is 0.381 e. The van der Waals surface area contributed by atoms with Gasteiger partial charge in [-0.3, -0.25) is 9.69 Å². The zero-order valence-corrected chi connectivity index (χ0v) is 14.4. The molecule has 2 aliphatic rings. The number of amides is 1. The molecule has 6 nitrogen and oxygen atoms in total. The minimum absolute atomic E-state index is 0.195. The van der Waals surface area contributed by atoms with Gasteiger partial charge >= 0.3 is 0 Å². The molecule has 0 saturated carbocycles. The van der Waals surface area contributed by atoms with Gasteiger partial charge in [-0.1, -0.05) is 5.16 Å². The second kappa shape index (κ2) is 7.01. The van der Waals surface area contributed by atoms with Crippen molar-refractivity contribution in [3.05, 3.63) is 17.0 Å². The molecule has 1 amide bonds. The van der Waals surface area contributed by atoms with Crippen molar-refractivity contribution in [3.8, 4) is 0 Å². The first-order chi connectivity index (χ1) is 11.1. The molecule has 2 aliphatic heterocycles. The number of hydrogen-bond donors (Lipinski definition) is 0. The fourth-order valence-electron chi connectivity index (χ4n) is 3.91. The van der Waals surface area contributed by atoms with Gasteiger partial charge in [-0.15, -0.1) is 0 Å². The van der Waals surface area contributed by atoms with Crippen LogP contribution < -0.4 is 0 Å². The highest BCUT2D eigenvalue weighted by atomic mass is 16.5. The molecule has 0 radical (unpaired) electrons. The molecular weight excluding hydrogens is 294 g/mol. The van der Waals surface area contributed by atoms with Crippen LogP contribution in [0.1, 0.15) is 43.2 Å². The van der Waals surface area contributed by atoms with Crippen molar-refractivity contribution < 1.29 is 14.1 Å². The van der Waals surface area contributed by atoms with E-state index in [1.54, 1.807) is 6.92 Å². The van der Waals surface area contributed by atoms with E-state index in [0.717, 1.165) is 63.6 Å². The van der Waals surface area contributed by atoms with Crippen LogP contribution >= 0.6 is 0 Å². The molecule has 2 saturated heterocycles. The van der Waals surface area contributed by atoms with Gasteiger partial charge < -0.3 is 14.2 Å². The zero-order chi connectivity index (χ0) is 16.4. The fourth-order valence-corrected chi connectivity index (χ4v) is 3.91. The molecule has 1 aromatic heterocycles. The number of hydrogen-bond acceptors (Lipinski definition) is 5. The third-order valence-electron chi connectivity index (χ3n) is 5.15. The molecule has 2 fully saturated rings. The first-order valence-electron chi connectivity index (χ1n) is 8.57. The lowest BCUT2D eigenvalue weighted by molar-refractivity contribution is -0.135. The van der Waals surface area contributed by atoms with Gasteiger partial charge in [-0.2, -0.15) is 0 Å². The molecule has 0 aliphatic carbocycles. The lowest BCUT2D eigenvalue weighted by Crippen LogP contribution is -2.49. The molecule has 3 heterocycles. The van der Waals surface area contributed by atoms with Crippen LogP contribution in [-0.2, 0) is 16.1 Å². The summed E-state index contributed by atoms with van der Waals surface area (Å²) in [6.45, 7) is 10.00. The van der Waals surface area contributed by atoms with Gasteiger partial charge in [0.15, 0.2) is 0 Å². The second-order valence-electron chi connectivity index (χ2n) is 6.75. The smallest absolute Gasteiger partial charge is 0.219 e. The lowest BCUT2D eigenvalue weighted by atomic mass is 10.0. The second-order valence-corrected chi connectivity index (χ2v) is 6.75. The number of aryl methyl sites for hydroxylation is 2. The predicted octanol–water partition coefficient (Wildman–Crippen LogP) is 1.89. The Kier molecular flexibility index (Phi) is 5.02. The molecule has 6 heteroatoms. The highest BCUT2D eigenvalue weighted by Crippen LogP contribution is 2.25. The lowest BCUT2D eigenvalue weighted by Gasteiger charge is -2.38. The summed E-state index contributed by atoms with van der Waals surface area (Å²) in [5, 5.41) is 4.03. The number of carbonyl (C=O) groups excluding carboxylic acids is 1. The van der Waals surface area contributed by atoms with Crippen LogP contribution in [0.25, 0.3) is 0 Å². The van der Waals surface area contributed by atoms with Gasteiger partial charge in [0.2, 0.25) is 5.91 Å². The van der Waals surface area contributed by atoms with Gasteiger partial charge in [0, 0.05) is 57.4 Å². The number of likely N-dealkylation sites (tertiary alicyclic amines) is 1. The van der Waals surface area contributed by atoms with Crippen molar-refractivity contribution in [1.29, 1.82) is 0 Å². The Morgan fingerprint density at radius 3 is 2.61 bits per heavy atom. The van der Waals surface area contributed by atoms with Crippen molar-refractivity contribution in [2.45, 2.75) is 58.7 Å². The van der Waals surface area contributed by atoms with Crippen molar-refractivity contribution in [2.24, 2.45) is 0 Å². The van der Waals surface area contributed by atoms with Crippen LogP contribution in [0, 0.1) is 13.8 Å². The molecule has 0 aromatic carbocycles. The van der Waals surface area contributed by atoms with Crippen LogP contribution in [0.5, 0.6) is 0 Å². The van der Waals surface area contributed by atoms with Crippen molar-refractivity contribution >= 4 is 5.91 Å². The molecule has 1 atom stereocenters. The fraction of sp³-hybridized carbons (Fsp3) is 0.765. The van der Waals surface area contributed by atoms with Crippen LogP contribution in [0.15, 0.2) is 4.52 Å². The van der Waals surface area contributed by atoms with Crippen LogP contribution in [0.4, 0.5) is 0 Å². The number of rotatable bonds is 4. The quantitative estimate of drug-likeness (QED) is 0.847. The molecule has 23 heavy (non-hydrogen) atoms. The van der Waals surface area contributed by atoms with E-state index < -0.39 is 0 Å². The first-order valence-corrected chi connectivity index (χ1v) is 8.57. The third kappa shape index (κ3) is 3.58. The monoisotopic (exact) mass is 321 g/mol. The average Bonchev–Trinajstić information content (AvgIpc) is 3.10. The normalized spacial score (nSPS) is 23.3. The van der Waals surface area contributed by atoms with Crippen LogP contribution in [0.2, 0.25) is 0 Å². The standard InChI is InChI=1S/C17H27N3O3/c1-12-17(13(2)23-18-12)11-19-7-4-16(10-19)20(14(3)21)15-5-8-22-9-6-15/h15-16H,4-11H2,1-3H3. The van der Waals surface area contributed by atoms with Crippen LogP contribution in [0.3, 0.4) is 0 Å². The van der Waals surface area contributed by atoms with E-state index in [-0.39, 0.29) is 5.91 Å². The number of aromatic nitrogens is 1. The van der Waals surface area contributed by atoms with Gasteiger partial charge in [0.05, 0.1) is 5.69 Å². The zero-order valence-electron chi connectivity index (χ0n) is 14.4. The topological polar surface area (TPSA) is 58.8 Å². The van der Waals surface area contributed by atoms with Gasteiger partial charge in [0.1, 0.15) is 5.76 Å². The minimum Gasteiger partial charge on any atom is -0.381 e. The van der Waals surface area contributed by atoms with Crippen molar-refractivity contribution in [1.82, 2.24) is 15.0 Å². The maximum absolute atomic E-state index is 12.2. The highest BCUT2D eigenvalue weighted by Gasteiger charge is 2.34. The Morgan fingerprint density at radius 2 is 2.00 bits per heavy atom. The van der Waals surface area contributed by atoms with Crippen molar-refractivity contribution in [2.75, 3.05) is 26.3 Å². The van der Waals surface area contributed by atoms with E-state index in [2.05, 4.69) is 15.0 Å². The van der Waals surface area contributed by atoms with E-state index in [4.69, 9.17) is 9.26 Å². The van der Waals surface area contributed by atoms with Gasteiger partial charge in [-0.25, -0.2) is 0 Å². The molecule has 0 bridgehead atoms. The molecule has 1 aromatic rings. The van der Waals surface area contributed by atoms with E-state index in [9.17, 15) is 4.79 Å². The van der Waals surface area contributed by atoms with Crippen molar-refractivity contribution in [3.63, 3.8) is 0 Å². The minimum atomic E-state index is 0.195. The molecule has 128 valence electrons. The summed E-state index contributed by atoms with van der Waals surface area (Å²) in [4.78, 5) is 16.7. The van der Waals surface area contributed by atoms with E-state index in [1.807, 2.05) is 13.8 Å². The van der Waals surface area contributed by atoms with E-state index in [0.29, 0.717) is 12.1 Å². The summed E-state index contributed by atoms with van der Waals surface area (Å²) >= 11 is 0. The Morgan fingerprint density at radius 1 is 1.26 bits per heavy atom. The Bertz CT molecular complexity index is 532.